The van der Waals surface area contributed by atoms with Gasteiger partial charge in [-0.25, -0.2) is 10.0 Å². The minimum Gasteiger partial charge on any atom is -0.462 e. The molecule has 0 saturated heterocycles. The quantitative estimate of drug-likeness (QED) is 0.682. The van der Waals surface area contributed by atoms with Gasteiger partial charge in [0.1, 0.15) is 5.76 Å². The Kier molecular flexibility index (Phi) is 5.59. The van der Waals surface area contributed by atoms with Crippen LogP contribution in [0.25, 0.3) is 0 Å². The van der Waals surface area contributed by atoms with Gasteiger partial charge in [0.15, 0.2) is 11.6 Å². The molecule has 2 N–H and O–H groups in total. The Morgan fingerprint density at radius 1 is 1.24 bits per heavy atom. The summed E-state index contributed by atoms with van der Waals surface area (Å²) in [5, 5.41) is 3.97. The maximum Gasteiger partial charge on any atom is 0.219 e. The van der Waals surface area contributed by atoms with Crippen molar-refractivity contribution in [2.75, 3.05) is 20.3 Å². The molecule has 0 spiro atoms. The van der Waals surface area contributed by atoms with E-state index in [1.165, 1.54) is 0 Å². The fourth-order valence-electron chi connectivity index (χ4n) is 3.24. The number of aromatic nitrogens is 1. The van der Waals surface area contributed by atoms with E-state index in [-0.39, 0.29) is 5.96 Å². The smallest absolute Gasteiger partial charge is 0.219 e. The first-order valence-electron chi connectivity index (χ1n) is 9.37. The Hall–Kier alpha value is -3.17. The maximum absolute atomic E-state index is 5.93. The van der Waals surface area contributed by atoms with Crippen molar-refractivity contribution in [2.24, 2.45) is 15.7 Å². The highest BCUT2D eigenvalue weighted by Crippen LogP contribution is 2.32. The van der Waals surface area contributed by atoms with E-state index in [2.05, 4.69) is 15.0 Å². The topological polar surface area (TPSA) is 102 Å². The SMILES string of the molecule is COCCOCc1cccnc1CN1C=CC2=NC(N)=NC(c3ccc(C)o3)N21. The van der Waals surface area contributed by atoms with Gasteiger partial charge in [0.25, 0.3) is 0 Å². The molecule has 0 bridgehead atoms. The molecular weight excluding hydrogens is 372 g/mol. The van der Waals surface area contributed by atoms with Crippen molar-refractivity contribution in [3.8, 4) is 0 Å². The highest BCUT2D eigenvalue weighted by atomic mass is 16.5. The number of nitrogens with zero attached hydrogens (tertiary/aromatic N) is 5. The molecule has 2 aromatic rings. The fourth-order valence-corrected chi connectivity index (χ4v) is 3.24. The second-order valence-electron chi connectivity index (χ2n) is 6.69. The number of amidine groups is 1. The number of guanidine groups is 1. The number of aryl methyl sites for hydroxylation is 1. The number of hydrogen-bond donors (Lipinski definition) is 1. The monoisotopic (exact) mass is 396 g/mol. The van der Waals surface area contributed by atoms with Crippen LogP contribution in [0.5, 0.6) is 0 Å². The first-order valence-corrected chi connectivity index (χ1v) is 9.37. The Balaban J connectivity index is 1.54. The number of hydrazine groups is 1. The Labute approximate surface area is 169 Å². The minimum absolute atomic E-state index is 0.229. The van der Waals surface area contributed by atoms with Crippen LogP contribution in [0.2, 0.25) is 0 Å². The van der Waals surface area contributed by atoms with Gasteiger partial charge in [-0.3, -0.25) is 9.99 Å². The Morgan fingerprint density at radius 2 is 2.14 bits per heavy atom. The molecule has 0 radical (unpaired) electrons. The van der Waals surface area contributed by atoms with Gasteiger partial charge in [0.05, 0.1) is 32.1 Å². The van der Waals surface area contributed by atoms with Crippen LogP contribution in [0.1, 0.15) is 28.9 Å². The van der Waals surface area contributed by atoms with Crippen LogP contribution in [-0.2, 0) is 22.6 Å². The van der Waals surface area contributed by atoms with Gasteiger partial charge in [-0.05, 0) is 25.1 Å². The predicted octanol–water partition coefficient (Wildman–Crippen LogP) is 2.12. The summed E-state index contributed by atoms with van der Waals surface area (Å²) in [5.74, 6) is 2.46. The summed E-state index contributed by atoms with van der Waals surface area (Å²) >= 11 is 0. The van der Waals surface area contributed by atoms with E-state index < -0.39 is 6.17 Å². The number of methoxy groups -OCH3 is 1. The van der Waals surface area contributed by atoms with Crippen molar-refractivity contribution >= 4 is 11.8 Å². The lowest BCUT2D eigenvalue weighted by Crippen LogP contribution is -2.44. The second kappa shape index (κ2) is 8.46. The molecule has 2 aliphatic heterocycles. The van der Waals surface area contributed by atoms with Gasteiger partial charge in [-0.2, -0.15) is 4.99 Å². The third-order valence-electron chi connectivity index (χ3n) is 4.62. The lowest BCUT2D eigenvalue weighted by Gasteiger charge is -2.36. The average Bonchev–Trinajstić information content (AvgIpc) is 3.32. The number of ether oxygens (including phenoxy) is 2. The summed E-state index contributed by atoms with van der Waals surface area (Å²) in [5.41, 5.74) is 7.86. The molecule has 4 rings (SSSR count). The molecule has 0 aromatic carbocycles. The van der Waals surface area contributed by atoms with Crippen molar-refractivity contribution in [1.82, 2.24) is 15.0 Å². The zero-order valence-electron chi connectivity index (χ0n) is 16.5. The molecule has 4 heterocycles. The fraction of sp³-hybridized carbons (Fsp3) is 0.350. The van der Waals surface area contributed by atoms with Gasteiger partial charge in [0.2, 0.25) is 12.1 Å². The van der Waals surface area contributed by atoms with E-state index in [9.17, 15) is 0 Å². The molecule has 1 unspecified atom stereocenters. The molecule has 152 valence electrons. The predicted molar refractivity (Wildman–Crippen MR) is 108 cm³/mol. The maximum atomic E-state index is 5.93. The standard InChI is InChI=1S/C20H24N6O3/c1-14-5-6-17(29-14)19-24-20(21)23-18-7-9-25(26(18)19)12-16-15(4-3-8-22-16)13-28-11-10-27-2/h3-9,19H,10-13H2,1-2H3,(H2,21,24). The van der Waals surface area contributed by atoms with Crippen LogP contribution in [0.4, 0.5) is 0 Å². The van der Waals surface area contributed by atoms with Gasteiger partial charge >= 0.3 is 0 Å². The molecule has 1 atom stereocenters. The van der Waals surface area contributed by atoms with Crippen molar-refractivity contribution in [2.45, 2.75) is 26.2 Å². The third-order valence-corrected chi connectivity index (χ3v) is 4.62. The number of pyridine rings is 1. The highest BCUT2D eigenvalue weighted by Gasteiger charge is 2.35. The van der Waals surface area contributed by atoms with Crippen LogP contribution in [0.15, 0.2) is 57.1 Å². The molecule has 2 aromatic heterocycles. The van der Waals surface area contributed by atoms with E-state index in [0.29, 0.717) is 38.0 Å². The highest BCUT2D eigenvalue weighted by molar-refractivity contribution is 6.04. The van der Waals surface area contributed by atoms with Gasteiger partial charge in [0, 0.05) is 31.1 Å². The molecule has 9 heteroatoms. The normalized spacial score (nSPS) is 18.1. The third kappa shape index (κ3) is 4.15. The average molecular weight is 396 g/mol. The molecule has 9 nitrogen and oxygen atoms in total. The molecular formula is C20H24N6O3. The lowest BCUT2D eigenvalue weighted by atomic mass is 10.2. The van der Waals surface area contributed by atoms with Crippen molar-refractivity contribution in [1.29, 1.82) is 0 Å². The number of fused-ring (bicyclic) bond motifs is 1. The minimum atomic E-state index is -0.420. The molecule has 2 aliphatic rings. The molecule has 29 heavy (non-hydrogen) atoms. The first kappa shape index (κ1) is 19.2. The van der Waals surface area contributed by atoms with Crippen molar-refractivity contribution in [3.63, 3.8) is 0 Å². The second-order valence-corrected chi connectivity index (χ2v) is 6.69. The van der Waals surface area contributed by atoms with Gasteiger partial charge in [-0.15, -0.1) is 0 Å². The summed E-state index contributed by atoms with van der Waals surface area (Å²) in [6, 6.07) is 7.75. The number of hydrogen-bond acceptors (Lipinski definition) is 9. The van der Waals surface area contributed by atoms with Crippen LogP contribution in [0, 0.1) is 6.92 Å². The number of rotatable bonds is 8. The largest absolute Gasteiger partial charge is 0.462 e. The van der Waals surface area contributed by atoms with Crippen LogP contribution in [-0.4, -0.2) is 47.1 Å². The van der Waals surface area contributed by atoms with Crippen LogP contribution in [0.3, 0.4) is 0 Å². The Bertz CT molecular complexity index is 951. The van der Waals surface area contributed by atoms with Crippen LogP contribution < -0.4 is 5.73 Å². The summed E-state index contributed by atoms with van der Waals surface area (Å²) in [4.78, 5) is 13.4. The number of furan rings is 1. The molecule has 0 fully saturated rings. The Morgan fingerprint density at radius 3 is 2.93 bits per heavy atom. The molecule has 0 aliphatic carbocycles. The van der Waals surface area contributed by atoms with Gasteiger partial charge in [-0.1, -0.05) is 6.07 Å². The van der Waals surface area contributed by atoms with E-state index in [1.807, 2.05) is 53.5 Å². The summed E-state index contributed by atoms with van der Waals surface area (Å²) in [6.07, 6.45) is 5.21. The van der Waals surface area contributed by atoms with E-state index in [0.717, 1.165) is 17.0 Å². The van der Waals surface area contributed by atoms with E-state index in [4.69, 9.17) is 19.6 Å². The summed E-state index contributed by atoms with van der Waals surface area (Å²) in [7, 11) is 1.66. The first-order chi connectivity index (χ1) is 14.2. The van der Waals surface area contributed by atoms with E-state index in [1.54, 1.807) is 13.3 Å². The van der Waals surface area contributed by atoms with Crippen LogP contribution >= 0.6 is 0 Å². The van der Waals surface area contributed by atoms with Crippen molar-refractivity contribution < 1.29 is 13.9 Å². The number of aliphatic imine (C=N–C) groups is 2. The van der Waals surface area contributed by atoms with E-state index >= 15 is 0 Å². The van der Waals surface area contributed by atoms with Crippen molar-refractivity contribution in [3.05, 3.63) is 65.5 Å². The zero-order chi connectivity index (χ0) is 20.2. The summed E-state index contributed by atoms with van der Waals surface area (Å²) < 4.78 is 16.5. The molecule has 0 saturated carbocycles. The zero-order valence-corrected chi connectivity index (χ0v) is 16.5. The molecule has 0 amide bonds. The van der Waals surface area contributed by atoms with Gasteiger partial charge < -0.3 is 19.6 Å². The summed E-state index contributed by atoms with van der Waals surface area (Å²) in [6.45, 7) is 3.99. The number of nitrogens with two attached hydrogens (primary N) is 1. The lowest BCUT2D eigenvalue weighted by molar-refractivity contribution is 0.0463.